The summed E-state index contributed by atoms with van der Waals surface area (Å²) in [6, 6.07) is 8.27. The Hall–Kier alpha value is -1.88. The van der Waals surface area contributed by atoms with Crippen molar-refractivity contribution in [3.63, 3.8) is 0 Å². The van der Waals surface area contributed by atoms with Gasteiger partial charge in [0.1, 0.15) is 5.00 Å². The van der Waals surface area contributed by atoms with E-state index in [2.05, 4.69) is 15.6 Å². The number of hydrogen-bond donors (Lipinski definition) is 2. The number of anilines is 2. The van der Waals surface area contributed by atoms with Crippen LogP contribution in [0.2, 0.25) is 0 Å². The normalized spacial score (nSPS) is 14.2. The fraction of sp³-hybridized carbons (Fsp3) is 0.286. The van der Waals surface area contributed by atoms with Crippen LogP contribution in [0.4, 0.5) is 10.7 Å². The lowest BCUT2D eigenvalue weighted by atomic mass is 10.2. The van der Waals surface area contributed by atoms with Gasteiger partial charge in [-0.2, -0.15) is 0 Å². The molecule has 1 saturated carbocycles. The molecule has 4 nitrogen and oxygen atoms in total. The zero-order chi connectivity index (χ0) is 13.2. The van der Waals surface area contributed by atoms with Gasteiger partial charge in [0.05, 0.1) is 5.51 Å². The van der Waals surface area contributed by atoms with E-state index in [9.17, 15) is 4.79 Å². The second kappa shape index (κ2) is 5.01. The van der Waals surface area contributed by atoms with Gasteiger partial charge in [0.15, 0.2) is 5.69 Å². The Morgan fingerprint density at radius 3 is 3.00 bits per heavy atom. The first kappa shape index (κ1) is 12.2. The Kier molecular flexibility index (Phi) is 3.21. The number of nitrogens with one attached hydrogen (secondary N) is 2. The van der Waals surface area contributed by atoms with Crippen LogP contribution in [0.3, 0.4) is 0 Å². The SMILES string of the molecule is Cc1cccc(NC(=O)c2ncsc2NC2CC2)c1. The summed E-state index contributed by atoms with van der Waals surface area (Å²) in [5.74, 6) is -0.157. The van der Waals surface area contributed by atoms with Gasteiger partial charge < -0.3 is 10.6 Å². The molecule has 0 aliphatic heterocycles. The van der Waals surface area contributed by atoms with Gasteiger partial charge in [0.2, 0.25) is 0 Å². The lowest BCUT2D eigenvalue weighted by Crippen LogP contribution is -2.15. The maximum Gasteiger partial charge on any atom is 0.277 e. The van der Waals surface area contributed by atoms with Crippen molar-refractivity contribution >= 4 is 27.9 Å². The van der Waals surface area contributed by atoms with Crippen LogP contribution in [0.1, 0.15) is 28.9 Å². The van der Waals surface area contributed by atoms with Crippen molar-refractivity contribution in [3.8, 4) is 0 Å². The Bertz CT molecular complexity index is 604. The van der Waals surface area contributed by atoms with Crippen LogP contribution in [-0.4, -0.2) is 16.9 Å². The van der Waals surface area contributed by atoms with Gasteiger partial charge in [0.25, 0.3) is 5.91 Å². The van der Waals surface area contributed by atoms with Gasteiger partial charge in [-0.1, -0.05) is 12.1 Å². The molecule has 0 spiro atoms. The topological polar surface area (TPSA) is 54.0 Å². The van der Waals surface area contributed by atoms with Gasteiger partial charge in [-0.15, -0.1) is 11.3 Å². The molecule has 1 fully saturated rings. The highest BCUT2D eigenvalue weighted by Crippen LogP contribution is 2.29. The Morgan fingerprint density at radius 1 is 1.42 bits per heavy atom. The molecule has 2 N–H and O–H groups in total. The predicted molar refractivity (Wildman–Crippen MR) is 77.9 cm³/mol. The molecule has 1 aliphatic carbocycles. The maximum absolute atomic E-state index is 12.2. The summed E-state index contributed by atoms with van der Waals surface area (Å²) in [5.41, 5.74) is 4.11. The number of aromatic nitrogens is 1. The van der Waals surface area contributed by atoms with Crippen molar-refractivity contribution in [1.82, 2.24) is 4.98 Å². The first-order chi connectivity index (χ1) is 9.22. The molecule has 1 heterocycles. The third-order valence-corrected chi connectivity index (χ3v) is 3.73. The summed E-state index contributed by atoms with van der Waals surface area (Å²) in [5, 5.41) is 7.09. The molecule has 1 aromatic carbocycles. The number of amides is 1. The lowest BCUT2D eigenvalue weighted by molar-refractivity contribution is 0.102. The minimum Gasteiger partial charge on any atom is -0.372 e. The van der Waals surface area contributed by atoms with Crippen molar-refractivity contribution in [2.24, 2.45) is 0 Å². The largest absolute Gasteiger partial charge is 0.372 e. The smallest absolute Gasteiger partial charge is 0.277 e. The van der Waals surface area contributed by atoms with Gasteiger partial charge in [0, 0.05) is 11.7 Å². The highest BCUT2D eigenvalue weighted by Gasteiger charge is 2.24. The van der Waals surface area contributed by atoms with E-state index in [4.69, 9.17) is 0 Å². The third-order valence-electron chi connectivity index (χ3n) is 2.97. The monoisotopic (exact) mass is 273 g/mol. The quantitative estimate of drug-likeness (QED) is 0.899. The van der Waals surface area contributed by atoms with Crippen LogP contribution in [0.5, 0.6) is 0 Å². The maximum atomic E-state index is 12.2. The van der Waals surface area contributed by atoms with Gasteiger partial charge in [-0.05, 0) is 37.5 Å². The molecule has 2 aromatic rings. The molecule has 1 amide bonds. The fourth-order valence-electron chi connectivity index (χ4n) is 1.84. The van der Waals surface area contributed by atoms with Crippen molar-refractivity contribution in [1.29, 1.82) is 0 Å². The van der Waals surface area contributed by atoms with E-state index in [1.807, 2.05) is 31.2 Å². The molecular weight excluding hydrogens is 258 g/mol. The molecule has 0 radical (unpaired) electrons. The summed E-state index contributed by atoms with van der Waals surface area (Å²) in [6.07, 6.45) is 2.35. The molecule has 0 saturated heterocycles. The minimum absolute atomic E-state index is 0.157. The van der Waals surface area contributed by atoms with Crippen LogP contribution >= 0.6 is 11.3 Å². The van der Waals surface area contributed by atoms with E-state index < -0.39 is 0 Å². The van der Waals surface area contributed by atoms with Crippen LogP contribution in [0.25, 0.3) is 0 Å². The van der Waals surface area contributed by atoms with Crippen LogP contribution in [-0.2, 0) is 0 Å². The van der Waals surface area contributed by atoms with Crippen molar-refractivity contribution in [2.45, 2.75) is 25.8 Å². The predicted octanol–water partition coefficient (Wildman–Crippen LogP) is 3.28. The minimum atomic E-state index is -0.157. The molecular formula is C14H15N3OS. The molecule has 1 aliphatic rings. The average molecular weight is 273 g/mol. The van der Waals surface area contributed by atoms with Crippen molar-refractivity contribution < 1.29 is 4.79 Å². The lowest BCUT2D eigenvalue weighted by Gasteiger charge is -2.07. The number of nitrogens with zero attached hydrogens (tertiary/aromatic N) is 1. The first-order valence-electron chi connectivity index (χ1n) is 6.30. The number of aryl methyl sites for hydroxylation is 1. The summed E-state index contributed by atoms with van der Waals surface area (Å²) in [6.45, 7) is 2.00. The van der Waals surface area contributed by atoms with Crippen molar-refractivity contribution in [3.05, 3.63) is 41.0 Å². The molecule has 0 unspecified atom stereocenters. The Morgan fingerprint density at radius 2 is 2.26 bits per heavy atom. The summed E-state index contributed by atoms with van der Waals surface area (Å²) in [4.78, 5) is 16.4. The van der Waals surface area contributed by atoms with Crippen LogP contribution < -0.4 is 10.6 Å². The van der Waals surface area contributed by atoms with E-state index in [1.54, 1.807) is 5.51 Å². The van der Waals surface area contributed by atoms with Crippen LogP contribution in [0, 0.1) is 6.92 Å². The molecule has 3 rings (SSSR count). The number of hydrogen-bond acceptors (Lipinski definition) is 4. The van der Waals surface area contributed by atoms with E-state index in [0.717, 1.165) is 16.3 Å². The van der Waals surface area contributed by atoms with Gasteiger partial charge in [-0.3, -0.25) is 4.79 Å². The number of thiazole rings is 1. The highest BCUT2D eigenvalue weighted by atomic mass is 32.1. The van der Waals surface area contributed by atoms with E-state index >= 15 is 0 Å². The highest BCUT2D eigenvalue weighted by molar-refractivity contribution is 7.14. The average Bonchev–Trinajstić information content (AvgIpc) is 3.05. The summed E-state index contributed by atoms with van der Waals surface area (Å²) >= 11 is 1.48. The van der Waals surface area contributed by atoms with E-state index in [0.29, 0.717) is 11.7 Å². The first-order valence-corrected chi connectivity index (χ1v) is 7.18. The van der Waals surface area contributed by atoms with Crippen LogP contribution in [0.15, 0.2) is 29.8 Å². The molecule has 0 bridgehead atoms. The molecule has 19 heavy (non-hydrogen) atoms. The number of carbonyl (C=O) groups is 1. The van der Waals surface area contributed by atoms with Crippen molar-refractivity contribution in [2.75, 3.05) is 10.6 Å². The Labute approximate surface area is 115 Å². The summed E-state index contributed by atoms with van der Waals surface area (Å²) < 4.78 is 0. The van der Waals surface area contributed by atoms with Gasteiger partial charge in [-0.25, -0.2) is 4.98 Å². The second-order valence-corrected chi connectivity index (χ2v) is 5.63. The molecule has 0 atom stereocenters. The zero-order valence-corrected chi connectivity index (χ0v) is 11.5. The van der Waals surface area contributed by atoms with E-state index in [1.165, 1.54) is 24.2 Å². The number of benzene rings is 1. The number of rotatable bonds is 4. The second-order valence-electron chi connectivity index (χ2n) is 4.77. The van der Waals surface area contributed by atoms with Gasteiger partial charge >= 0.3 is 0 Å². The fourth-order valence-corrected chi connectivity index (χ4v) is 2.59. The molecule has 98 valence electrons. The molecule has 1 aromatic heterocycles. The summed E-state index contributed by atoms with van der Waals surface area (Å²) in [7, 11) is 0. The number of carbonyl (C=O) groups excluding carboxylic acids is 1. The zero-order valence-electron chi connectivity index (χ0n) is 10.6. The Balaban J connectivity index is 1.74. The third kappa shape index (κ3) is 2.93. The van der Waals surface area contributed by atoms with E-state index in [-0.39, 0.29) is 5.91 Å². The molecule has 5 heteroatoms. The standard InChI is InChI=1S/C14H15N3OS/c1-9-3-2-4-11(7-9)16-13(18)12-14(19-8-15-12)17-10-5-6-10/h2-4,7-8,10,17H,5-6H2,1H3,(H,16,18).